The standard InChI is InChI=1S/C18H18ClNO3/c1-21-16-9-13(10-17(22-2)18(16)23-3)14(11-20)8-12-6-4-5-7-15(12)19/h4-7,9-10,14H,8H2,1-3H3. The Hall–Kier alpha value is -2.38. The van der Waals surface area contributed by atoms with Gasteiger partial charge in [-0.1, -0.05) is 29.8 Å². The van der Waals surface area contributed by atoms with E-state index in [4.69, 9.17) is 25.8 Å². The Bertz CT molecular complexity index is 699. The summed E-state index contributed by atoms with van der Waals surface area (Å²) in [7, 11) is 4.65. The summed E-state index contributed by atoms with van der Waals surface area (Å²) in [5, 5.41) is 10.2. The zero-order valence-corrected chi connectivity index (χ0v) is 14.1. The topological polar surface area (TPSA) is 51.5 Å². The molecule has 120 valence electrons. The van der Waals surface area contributed by atoms with Crippen molar-refractivity contribution in [1.82, 2.24) is 0 Å². The van der Waals surface area contributed by atoms with Crippen LogP contribution in [0.15, 0.2) is 36.4 Å². The number of halogens is 1. The lowest BCUT2D eigenvalue weighted by Crippen LogP contribution is -2.04. The third kappa shape index (κ3) is 3.69. The summed E-state index contributed by atoms with van der Waals surface area (Å²) in [5.41, 5.74) is 1.72. The monoisotopic (exact) mass is 331 g/mol. The third-order valence-corrected chi connectivity index (χ3v) is 4.00. The number of rotatable bonds is 6. The Morgan fingerprint density at radius 1 is 1.04 bits per heavy atom. The largest absolute Gasteiger partial charge is 0.493 e. The smallest absolute Gasteiger partial charge is 0.203 e. The van der Waals surface area contributed by atoms with Crippen LogP contribution in [0.1, 0.15) is 17.0 Å². The van der Waals surface area contributed by atoms with Gasteiger partial charge in [-0.25, -0.2) is 0 Å². The molecule has 0 aliphatic carbocycles. The fourth-order valence-corrected chi connectivity index (χ4v) is 2.64. The minimum absolute atomic E-state index is 0.372. The first kappa shape index (κ1) is 17.0. The van der Waals surface area contributed by atoms with Gasteiger partial charge in [-0.3, -0.25) is 0 Å². The predicted octanol–water partition coefficient (Wildman–Crippen LogP) is 4.22. The van der Waals surface area contributed by atoms with E-state index >= 15 is 0 Å². The number of nitriles is 1. The number of nitrogens with zero attached hydrogens (tertiary/aromatic N) is 1. The molecule has 0 heterocycles. The molecule has 5 heteroatoms. The van der Waals surface area contributed by atoms with Gasteiger partial charge in [0.2, 0.25) is 5.75 Å². The van der Waals surface area contributed by atoms with Crippen LogP contribution in [0.25, 0.3) is 0 Å². The molecular formula is C18H18ClNO3. The minimum atomic E-state index is -0.372. The van der Waals surface area contributed by atoms with Gasteiger partial charge in [0.15, 0.2) is 11.5 Å². The Balaban J connectivity index is 2.42. The highest BCUT2D eigenvalue weighted by atomic mass is 35.5. The van der Waals surface area contributed by atoms with E-state index in [-0.39, 0.29) is 5.92 Å². The summed E-state index contributed by atoms with van der Waals surface area (Å²) in [5.74, 6) is 1.19. The second kappa shape index (κ2) is 7.75. The van der Waals surface area contributed by atoms with Crippen molar-refractivity contribution in [1.29, 1.82) is 5.26 Å². The number of hydrogen-bond acceptors (Lipinski definition) is 4. The van der Waals surface area contributed by atoms with Crippen molar-refractivity contribution < 1.29 is 14.2 Å². The van der Waals surface area contributed by atoms with E-state index in [2.05, 4.69) is 6.07 Å². The van der Waals surface area contributed by atoms with Gasteiger partial charge in [0.05, 0.1) is 33.3 Å². The van der Waals surface area contributed by atoms with E-state index in [1.165, 1.54) is 0 Å². The molecule has 23 heavy (non-hydrogen) atoms. The lowest BCUT2D eigenvalue weighted by atomic mass is 9.92. The molecule has 0 N–H and O–H groups in total. The highest BCUT2D eigenvalue weighted by Gasteiger charge is 2.19. The van der Waals surface area contributed by atoms with Crippen LogP contribution in [0.4, 0.5) is 0 Å². The van der Waals surface area contributed by atoms with Gasteiger partial charge in [-0.15, -0.1) is 0 Å². The second-order valence-corrected chi connectivity index (χ2v) is 5.34. The number of methoxy groups -OCH3 is 3. The van der Waals surface area contributed by atoms with E-state index in [1.807, 2.05) is 24.3 Å². The fourth-order valence-electron chi connectivity index (χ4n) is 2.42. The molecule has 0 aliphatic rings. The van der Waals surface area contributed by atoms with Crippen molar-refractivity contribution >= 4 is 11.6 Å². The SMILES string of the molecule is COc1cc(C(C#N)Cc2ccccc2Cl)cc(OC)c1OC. The molecule has 0 saturated carbocycles. The molecule has 0 fully saturated rings. The van der Waals surface area contributed by atoms with Crippen molar-refractivity contribution in [2.45, 2.75) is 12.3 Å². The molecule has 0 radical (unpaired) electrons. The van der Waals surface area contributed by atoms with Crippen LogP contribution in [0.5, 0.6) is 17.2 Å². The Labute approximate surface area is 141 Å². The van der Waals surface area contributed by atoms with E-state index < -0.39 is 0 Å². The van der Waals surface area contributed by atoms with Gasteiger partial charge >= 0.3 is 0 Å². The lowest BCUT2D eigenvalue weighted by Gasteiger charge is -2.17. The van der Waals surface area contributed by atoms with Gasteiger partial charge in [0.25, 0.3) is 0 Å². The van der Waals surface area contributed by atoms with Crippen LogP contribution >= 0.6 is 11.6 Å². The highest BCUT2D eigenvalue weighted by molar-refractivity contribution is 6.31. The molecule has 1 atom stereocenters. The van der Waals surface area contributed by atoms with E-state index in [0.29, 0.717) is 28.7 Å². The van der Waals surface area contributed by atoms with Crippen molar-refractivity contribution in [3.05, 3.63) is 52.5 Å². The first-order valence-electron chi connectivity index (χ1n) is 7.07. The van der Waals surface area contributed by atoms with Gasteiger partial charge in [-0.2, -0.15) is 5.26 Å². The minimum Gasteiger partial charge on any atom is -0.493 e. The summed E-state index contributed by atoms with van der Waals surface area (Å²) < 4.78 is 16.0. The van der Waals surface area contributed by atoms with Gasteiger partial charge in [-0.05, 0) is 35.7 Å². The first-order chi connectivity index (χ1) is 11.1. The summed E-state index contributed by atoms with van der Waals surface area (Å²) in [6.07, 6.45) is 0.509. The van der Waals surface area contributed by atoms with Crippen molar-refractivity contribution in [2.24, 2.45) is 0 Å². The van der Waals surface area contributed by atoms with Crippen LogP contribution < -0.4 is 14.2 Å². The quantitative estimate of drug-likeness (QED) is 0.795. The zero-order valence-electron chi connectivity index (χ0n) is 13.3. The third-order valence-electron chi connectivity index (χ3n) is 3.63. The molecule has 4 nitrogen and oxygen atoms in total. The predicted molar refractivity (Wildman–Crippen MR) is 89.6 cm³/mol. The molecule has 0 bridgehead atoms. The summed E-state index contributed by atoms with van der Waals surface area (Å²) >= 11 is 6.20. The fraction of sp³-hybridized carbons (Fsp3) is 0.278. The van der Waals surface area contributed by atoms with E-state index in [0.717, 1.165) is 11.1 Å². The van der Waals surface area contributed by atoms with Crippen molar-refractivity contribution in [2.75, 3.05) is 21.3 Å². The average Bonchev–Trinajstić information content (AvgIpc) is 2.59. The summed E-state index contributed by atoms with van der Waals surface area (Å²) in [4.78, 5) is 0. The molecule has 1 unspecified atom stereocenters. The first-order valence-corrected chi connectivity index (χ1v) is 7.45. The highest BCUT2D eigenvalue weighted by Crippen LogP contribution is 2.40. The summed E-state index contributed by atoms with van der Waals surface area (Å²) in [6.45, 7) is 0. The van der Waals surface area contributed by atoms with Gasteiger partial charge in [0.1, 0.15) is 0 Å². The van der Waals surface area contributed by atoms with Crippen LogP contribution in [-0.2, 0) is 6.42 Å². The normalized spacial score (nSPS) is 11.4. The molecule has 2 aromatic rings. The lowest BCUT2D eigenvalue weighted by molar-refractivity contribution is 0.323. The Morgan fingerprint density at radius 2 is 1.65 bits per heavy atom. The van der Waals surface area contributed by atoms with Crippen LogP contribution in [-0.4, -0.2) is 21.3 Å². The van der Waals surface area contributed by atoms with E-state index in [9.17, 15) is 5.26 Å². The number of ether oxygens (including phenoxy) is 3. The van der Waals surface area contributed by atoms with Crippen molar-refractivity contribution in [3.8, 4) is 23.3 Å². The molecule has 2 aromatic carbocycles. The molecule has 0 amide bonds. The zero-order chi connectivity index (χ0) is 16.8. The van der Waals surface area contributed by atoms with Crippen LogP contribution in [0.3, 0.4) is 0 Å². The van der Waals surface area contributed by atoms with Gasteiger partial charge in [0, 0.05) is 5.02 Å². The van der Waals surface area contributed by atoms with Crippen LogP contribution in [0, 0.1) is 11.3 Å². The molecule has 2 rings (SSSR count). The maximum atomic E-state index is 9.58. The van der Waals surface area contributed by atoms with Gasteiger partial charge < -0.3 is 14.2 Å². The Morgan fingerprint density at radius 3 is 2.13 bits per heavy atom. The molecule has 0 aliphatic heterocycles. The maximum Gasteiger partial charge on any atom is 0.203 e. The van der Waals surface area contributed by atoms with Crippen LogP contribution in [0.2, 0.25) is 5.02 Å². The Kier molecular flexibility index (Phi) is 5.72. The second-order valence-electron chi connectivity index (χ2n) is 4.94. The summed E-state index contributed by atoms with van der Waals surface area (Å²) in [6, 6.07) is 13.4. The molecule has 0 saturated heterocycles. The van der Waals surface area contributed by atoms with Crippen molar-refractivity contribution in [3.63, 3.8) is 0 Å². The molecule has 0 aromatic heterocycles. The molecule has 0 spiro atoms. The molecular weight excluding hydrogens is 314 g/mol. The average molecular weight is 332 g/mol. The van der Waals surface area contributed by atoms with E-state index in [1.54, 1.807) is 33.5 Å². The number of benzene rings is 2. The maximum absolute atomic E-state index is 9.58. The number of hydrogen-bond donors (Lipinski definition) is 0.